The Hall–Kier alpha value is -3.09. The van der Waals surface area contributed by atoms with Gasteiger partial charge in [0, 0.05) is 18.8 Å². The maximum atomic E-state index is 13.0. The third-order valence-corrected chi connectivity index (χ3v) is 6.48. The first kappa shape index (κ1) is 21.6. The lowest BCUT2D eigenvalue weighted by atomic mass is 10.2. The molecule has 2 aromatic carbocycles. The van der Waals surface area contributed by atoms with Crippen LogP contribution in [0, 0.1) is 11.3 Å². The van der Waals surface area contributed by atoms with Gasteiger partial charge >= 0.3 is 0 Å². The van der Waals surface area contributed by atoms with Crippen molar-refractivity contribution in [2.75, 3.05) is 31.6 Å². The van der Waals surface area contributed by atoms with Crippen LogP contribution in [0.25, 0.3) is 0 Å². The topological polar surface area (TPSA) is 109 Å². The Morgan fingerprint density at radius 3 is 2.47 bits per heavy atom. The van der Waals surface area contributed by atoms with Crippen molar-refractivity contribution in [3.8, 4) is 17.6 Å². The van der Waals surface area contributed by atoms with Crippen LogP contribution >= 0.6 is 0 Å². The summed E-state index contributed by atoms with van der Waals surface area (Å²) in [5.74, 6) is 0.275. The molecule has 0 aromatic heterocycles. The molecular formula is C21H23N3O5S. The van der Waals surface area contributed by atoms with Crippen LogP contribution in [0.2, 0.25) is 0 Å². The highest BCUT2D eigenvalue weighted by Gasteiger charge is 2.30. The largest absolute Gasteiger partial charge is 0.492 e. The highest BCUT2D eigenvalue weighted by atomic mass is 32.2. The molecule has 1 heterocycles. The highest BCUT2D eigenvalue weighted by Crippen LogP contribution is 2.31. The highest BCUT2D eigenvalue weighted by molar-refractivity contribution is 7.89. The Morgan fingerprint density at radius 1 is 1.13 bits per heavy atom. The van der Waals surface area contributed by atoms with Crippen molar-refractivity contribution in [1.29, 1.82) is 5.26 Å². The van der Waals surface area contributed by atoms with Crippen LogP contribution in [-0.4, -0.2) is 44.9 Å². The van der Waals surface area contributed by atoms with E-state index in [4.69, 9.17) is 14.7 Å². The second-order valence-corrected chi connectivity index (χ2v) is 8.59. The lowest BCUT2D eigenvalue weighted by Crippen LogP contribution is -2.28. The lowest BCUT2D eigenvalue weighted by molar-refractivity contribution is -0.118. The van der Waals surface area contributed by atoms with Crippen LogP contribution in [0.15, 0.2) is 47.4 Å². The summed E-state index contributed by atoms with van der Waals surface area (Å²) in [4.78, 5) is 12.3. The molecule has 1 amide bonds. The number of nitrogens with one attached hydrogen (secondary N) is 1. The zero-order valence-corrected chi connectivity index (χ0v) is 17.4. The van der Waals surface area contributed by atoms with E-state index in [1.807, 2.05) is 6.07 Å². The van der Waals surface area contributed by atoms with E-state index in [1.165, 1.54) is 10.4 Å². The minimum atomic E-state index is -3.71. The van der Waals surface area contributed by atoms with E-state index in [1.54, 1.807) is 43.3 Å². The molecule has 8 nitrogen and oxygen atoms in total. The number of rotatable bonds is 8. The number of sulfonamides is 1. The number of hydrogen-bond acceptors (Lipinski definition) is 6. The molecule has 1 N–H and O–H groups in total. The van der Waals surface area contributed by atoms with Crippen LogP contribution < -0.4 is 14.8 Å². The lowest BCUT2D eigenvalue weighted by Gasteiger charge is -2.19. The van der Waals surface area contributed by atoms with E-state index in [0.29, 0.717) is 36.7 Å². The standard InChI is InChI=1S/C21H23N3O5S/c1-2-28-19-10-7-17(13-20(19)30(26,27)24-11-3-4-12-24)23-21(25)15-29-18-8-5-16(14-22)6-9-18/h5-10,13H,2-4,11-12,15H2,1H3,(H,23,25). The summed E-state index contributed by atoms with van der Waals surface area (Å²) >= 11 is 0. The first-order valence-corrected chi connectivity index (χ1v) is 11.1. The number of benzene rings is 2. The number of amides is 1. The van der Waals surface area contributed by atoms with Crippen LogP contribution in [0.3, 0.4) is 0 Å². The number of carbonyl (C=O) groups is 1. The van der Waals surface area contributed by atoms with Gasteiger partial charge in [-0.25, -0.2) is 8.42 Å². The Balaban J connectivity index is 1.72. The van der Waals surface area contributed by atoms with Crippen LogP contribution in [0.5, 0.6) is 11.5 Å². The van der Waals surface area contributed by atoms with E-state index in [0.717, 1.165) is 12.8 Å². The number of nitriles is 1. The first-order valence-electron chi connectivity index (χ1n) is 9.64. The van der Waals surface area contributed by atoms with Gasteiger partial charge in [-0.05, 0) is 62.2 Å². The normalized spacial score (nSPS) is 14.1. The fourth-order valence-electron chi connectivity index (χ4n) is 3.10. The Kier molecular flexibility index (Phi) is 6.92. The summed E-state index contributed by atoms with van der Waals surface area (Å²) in [6, 6.07) is 12.9. The SMILES string of the molecule is CCOc1ccc(NC(=O)COc2ccc(C#N)cc2)cc1S(=O)(=O)N1CCCC1. The van der Waals surface area contributed by atoms with Crippen molar-refractivity contribution in [3.63, 3.8) is 0 Å². The summed E-state index contributed by atoms with van der Waals surface area (Å²) in [6.07, 6.45) is 1.65. The second-order valence-electron chi connectivity index (χ2n) is 6.68. The Morgan fingerprint density at radius 2 is 1.83 bits per heavy atom. The molecule has 1 fully saturated rings. The molecule has 3 rings (SSSR count). The van der Waals surface area contributed by atoms with E-state index in [-0.39, 0.29) is 17.3 Å². The number of ether oxygens (including phenoxy) is 2. The summed E-state index contributed by atoms with van der Waals surface area (Å²) in [7, 11) is -3.71. The maximum Gasteiger partial charge on any atom is 0.262 e. The van der Waals surface area contributed by atoms with E-state index in [2.05, 4.69) is 5.32 Å². The second kappa shape index (κ2) is 9.61. The fourth-order valence-corrected chi connectivity index (χ4v) is 4.78. The smallest absolute Gasteiger partial charge is 0.262 e. The summed E-state index contributed by atoms with van der Waals surface area (Å²) in [6.45, 7) is 2.80. The quantitative estimate of drug-likeness (QED) is 0.691. The third kappa shape index (κ3) is 5.09. The summed E-state index contributed by atoms with van der Waals surface area (Å²) in [5.41, 5.74) is 0.831. The van der Waals surface area contributed by atoms with Gasteiger partial charge in [-0.15, -0.1) is 0 Å². The number of anilines is 1. The van der Waals surface area contributed by atoms with E-state index < -0.39 is 15.9 Å². The number of hydrogen-bond donors (Lipinski definition) is 1. The molecule has 0 radical (unpaired) electrons. The van der Waals surface area contributed by atoms with Gasteiger partial charge in [0.15, 0.2) is 6.61 Å². The molecule has 0 unspecified atom stereocenters. The molecule has 1 saturated heterocycles. The van der Waals surface area contributed by atoms with Crippen molar-refractivity contribution in [1.82, 2.24) is 4.31 Å². The number of nitrogens with zero attached hydrogens (tertiary/aromatic N) is 2. The van der Waals surface area contributed by atoms with Crippen LogP contribution in [0.1, 0.15) is 25.3 Å². The Bertz CT molecular complexity index is 1040. The average Bonchev–Trinajstić information content (AvgIpc) is 3.30. The molecule has 0 aliphatic carbocycles. The van der Waals surface area contributed by atoms with Crippen LogP contribution in [0.4, 0.5) is 5.69 Å². The number of carbonyl (C=O) groups excluding carboxylic acids is 1. The van der Waals surface area contributed by atoms with Crippen molar-refractivity contribution in [2.45, 2.75) is 24.7 Å². The fraction of sp³-hybridized carbons (Fsp3) is 0.333. The molecule has 1 aliphatic rings. The summed E-state index contributed by atoms with van der Waals surface area (Å²) < 4.78 is 38.4. The molecule has 1 aliphatic heterocycles. The van der Waals surface area contributed by atoms with Crippen molar-refractivity contribution < 1.29 is 22.7 Å². The monoisotopic (exact) mass is 429 g/mol. The zero-order valence-electron chi connectivity index (χ0n) is 16.6. The molecule has 30 heavy (non-hydrogen) atoms. The van der Waals surface area contributed by atoms with Gasteiger partial charge in [0.25, 0.3) is 5.91 Å². The minimum absolute atomic E-state index is 0.0389. The van der Waals surface area contributed by atoms with Gasteiger partial charge in [0.1, 0.15) is 16.4 Å². The first-order chi connectivity index (χ1) is 14.4. The van der Waals surface area contributed by atoms with E-state index in [9.17, 15) is 13.2 Å². The molecule has 0 saturated carbocycles. The van der Waals surface area contributed by atoms with E-state index >= 15 is 0 Å². The van der Waals surface area contributed by atoms with Gasteiger partial charge in [0.2, 0.25) is 10.0 Å². The third-order valence-electron chi connectivity index (χ3n) is 4.56. The van der Waals surface area contributed by atoms with Crippen molar-refractivity contribution in [3.05, 3.63) is 48.0 Å². The van der Waals surface area contributed by atoms with Crippen LogP contribution in [-0.2, 0) is 14.8 Å². The van der Waals surface area contributed by atoms with Gasteiger partial charge in [-0.1, -0.05) is 0 Å². The molecule has 0 atom stereocenters. The molecular weight excluding hydrogens is 406 g/mol. The summed E-state index contributed by atoms with van der Waals surface area (Å²) in [5, 5.41) is 11.5. The Labute approximate surface area is 176 Å². The van der Waals surface area contributed by atoms with Gasteiger partial charge in [0.05, 0.1) is 18.2 Å². The average molecular weight is 429 g/mol. The predicted molar refractivity (Wildman–Crippen MR) is 111 cm³/mol. The van der Waals surface area contributed by atoms with Crippen molar-refractivity contribution in [2.24, 2.45) is 0 Å². The molecule has 9 heteroatoms. The minimum Gasteiger partial charge on any atom is -0.492 e. The predicted octanol–water partition coefficient (Wildman–Crippen LogP) is 2.76. The van der Waals surface area contributed by atoms with Gasteiger partial charge in [-0.2, -0.15) is 9.57 Å². The maximum absolute atomic E-state index is 13.0. The molecule has 2 aromatic rings. The molecule has 158 valence electrons. The molecule has 0 bridgehead atoms. The molecule has 0 spiro atoms. The van der Waals surface area contributed by atoms with Crippen molar-refractivity contribution >= 4 is 21.6 Å². The van der Waals surface area contributed by atoms with Gasteiger partial charge in [-0.3, -0.25) is 4.79 Å². The van der Waals surface area contributed by atoms with Gasteiger partial charge < -0.3 is 14.8 Å². The zero-order chi connectivity index (χ0) is 21.6.